The molecule has 17 nitrogen and oxygen atoms in total. The van der Waals surface area contributed by atoms with Crippen LogP contribution in [0.4, 0.5) is 0 Å². The molecule has 582 valence electrons. The van der Waals surface area contributed by atoms with Crippen LogP contribution in [-0.4, -0.2) is 96.7 Å². The van der Waals surface area contributed by atoms with Crippen LogP contribution in [0.25, 0.3) is 0 Å². The van der Waals surface area contributed by atoms with Gasteiger partial charge < -0.3 is 33.8 Å². The van der Waals surface area contributed by atoms with E-state index < -0.39 is 97.5 Å². The molecule has 0 aliphatic heterocycles. The van der Waals surface area contributed by atoms with E-state index in [-0.39, 0.29) is 25.7 Å². The third-order valence-electron chi connectivity index (χ3n) is 15.8. The van der Waals surface area contributed by atoms with Gasteiger partial charge in [0.25, 0.3) is 0 Å². The number of aliphatic hydroxyl groups is 1. The van der Waals surface area contributed by atoms with E-state index in [0.29, 0.717) is 25.7 Å². The number of hydrogen-bond acceptors (Lipinski definition) is 15. The van der Waals surface area contributed by atoms with Crippen LogP contribution in [0.2, 0.25) is 0 Å². The van der Waals surface area contributed by atoms with Gasteiger partial charge >= 0.3 is 39.5 Å². The Balaban J connectivity index is 5.44. The van der Waals surface area contributed by atoms with E-state index in [4.69, 9.17) is 37.0 Å². The Labute approximate surface area is 617 Å². The Hall–Kier alpha value is -5.06. The van der Waals surface area contributed by atoms with E-state index in [9.17, 15) is 43.2 Å². The van der Waals surface area contributed by atoms with Crippen molar-refractivity contribution < 1.29 is 80.2 Å². The monoisotopic (exact) mass is 1470 g/mol. The fourth-order valence-electron chi connectivity index (χ4n) is 10.0. The van der Waals surface area contributed by atoms with E-state index >= 15 is 0 Å². The molecule has 19 heteroatoms. The zero-order chi connectivity index (χ0) is 74.6. The zero-order valence-corrected chi connectivity index (χ0v) is 65.3. The number of esters is 4. The lowest BCUT2D eigenvalue weighted by atomic mass is 10.0. The van der Waals surface area contributed by atoms with Gasteiger partial charge in [0.15, 0.2) is 12.2 Å². The van der Waals surface area contributed by atoms with E-state index in [0.717, 1.165) is 167 Å². The summed E-state index contributed by atoms with van der Waals surface area (Å²) in [5.74, 6) is -2.36. The average Bonchev–Trinajstić information content (AvgIpc) is 0.907. The summed E-state index contributed by atoms with van der Waals surface area (Å²) in [5, 5.41) is 10.6. The third-order valence-corrected chi connectivity index (χ3v) is 17.7. The molecule has 5 atom stereocenters. The van der Waals surface area contributed by atoms with Crippen LogP contribution in [0.5, 0.6) is 0 Å². The maximum Gasteiger partial charge on any atom is 0.472 e. The van der Waals surface area contributed by atoms with E-state index in [1.54, 1.807) is 12.2 Å². The summed E-state index contributed by atoms with van der Waals surface area (Å²) >= 11 is 0. The van der Waals surface area contributed by atoms with Crippen molar-refractivity contribution in [3.05, 3.63) is 146 Å². The van der Waals surface area contributed by atoms with Gasteiger partial charge in [-0.15, -0.1) is 0 Å². The van der Waals surface area contributed by atoms with Gasteiger partial charge in [0.05, 0.1) is 32.8 Å². The van der Waals surface area contributed by atoms with Crippen LogP contribution < -0.4 is 0 Å². The zero-order valence-electron chi connectivity index (χ0n) is 63.5. The minimum Gasteiger partial charge on any atom is -0.462 e. The third kappa shape index (κ3) is 73.3. The number of carbonyl (C=O) groups excluding carboxylic acids is 4. The second-order valence-corrected chi connectivity index (χ2v) is 28.4. The highest BCUT2D eigenvalue weighted by atomic mass is 31.2. The van der Waals surface area contributed by atoms with Gasteiger partial charge in [-0.1, -0.05) is 296 Å². The first-order valence-electron chi connectivity index (χ1n) is 39.1. The molecule has 5 unspecified atom stereocenters. The Kier molecular flexibility index (Phi) is 70.5. The van der Waals surface area contributed by atoms with Gasteiger partial charge in [0.2, 0.25) is 0 Å². The normalized spacial score (nSPS) is 14.7. The number of carbonyl (C=O) groups is 4. The molecular weight excluding hydrogens is 1330 g/mol. The van der Waals surface area contributed by atoms with Crippen molar-refractivity contribution in [3.63, 3.8) is 0 Å². The highest BCUT2D eigenvalue weighted by Crippen LogP contribution is 2.45. The summed E-state index contributed by atoms with van der Waals surface area (Å²) in [6, 6.07) is 0. The maximum absolute atomic E-state index is 13.1. The Morgan fingerprint density at radius 2 is 0.549 bits per heavy atom. The number of phosphoric ester groups is 2. The Bertz CT molecular complexity index is 2510. The molecule has 0 amide bonds. The van der Waals surface area contributed by atoms with Crippen molar-refractivity contribution in [2.24, 2.45) is 0 Å². The topological polar surface area (TPSA) is 237 Å². The summed E-state index contributed by atoms with van der Waals surface area (Å²) in [5.41, 5.74) is 0. The lowest BCUT2D eigenvalue weighted by Gasteiger charge is -2.21. The van der Waals surface area contributed by atoms with Crippen molar-refractivity contribution in [1.29, 1.82) is 0 Å². The highest BCUT2D eigenvalue weighted by molar-refractivity contribution is 7.47. The first kappa shape index (κ1) is 96.9. The van der Waals surface area contributed by atoms with Crippen LogP contribution in [0.1, 0.15) is 297 Å². The van der Waals surface area contributed by atoms with Crippen LogP contribution in [0.15, 0.2) is 146 Å². The summed E-state index contributed by atoms with van der Waals surface area (Å²) in [7, 11) is -10.00. The van der Waals surface area contributed by atoms with Crippen molar-refractivity contribution in [3.8, 4) is 0 Å². The van der Waals surface area contributed by atoms with Crippen LogP contribution in [-0.2, 0) is 65.4 Å². The molecule has 0 radical (unpaired) electrons. The number of hydrogen-bond donors (Lipinski definition) is 3. The van der Waals surface area contributed by atoms with E-state index in [1.807, 2.05) is 12.2 Å². The smallest absolute Gasteiger partial charge is 0.462 e. The minimum atomic E-state index is -5.01. The average molecular weight is 1470 g/mol. The summed E-state index contributed by atoms with van der Waals surface area (Å²) in [4.78, 5) is 72.9. The van der Waals surface area contributed by atoms with Gasteiger partial charge in [-0.3, -0.25) is 37.3 Å². The quantitative estimate of drug-likeness (QED) is 0.0169. The molecular formula is C83H138O17P2. The van der Waals surface area contributed by atoms with Crippen LogP contribution in [0, 0.1) is 0 Å². The predicted molar refractivity (Wildman–Crippen MR) is 417 cm³/mol. The van der Waals surface area contributed by atoms with Gasteiger partial charge in [-0.25, -0.2) is 9.13 Å². The molecule has 0 spiro atoms. The summed E-state index contributed by atoms with van der Waals surface area (Å²) in [6.45, 7) is 4.39. The number of rotatable bonds is 72. The summed E-state index contributed by atoms with van der Waals surface area (Å²) < 4.78 is 68.4. The van der Waals surface area contributed by atoms with Crippen molar-refractivity contribution in [2.75, 3.05) is 39.6 Å². The lowest BCUT2D eigenvalue weighted by molar-refractivity contribution is -0.161. The standard InChI is InChI=1S/C83H138O17P2/c1-5-9-13-17-21-25-29-33-36-38-41-44-47-51-55-59-63-67-80(85)93-73-78(99-82(87)69-65-61-57-53-49-43-32-28-24-20-16-12-8-4)75-97-101(89,90)95-71-77(84)72-96-102(91,92)98-76-79(100-83(88)70-66-62-58-54-50-46-40-35-31-27-23-19-15-11-7-3)74-94-81(86)68-64-60-56-52-48-45-42-39-37-34-30-26-22-18-14-10-6-2/h9-11,13-15,21-23,25-27,33-37,40-41,44,50,54,62,66,77-79,84H,5-8,12,16-20,24,28-32,38-39,42-43,45-49,51-53,55-61,63-65,67-76H2,1-4H3,(H,89,90)(H,91,92)/b13-9-,14-10-,15-11-,25-21-,26-22-,27-23-,36-33-,37-34-,40-35-,44-41-,54-50-,66-62-. The molecule has 3 N–H and O–H groups in total. The van der Waals surface area contributed by atoms with E-state index in [2.05, 4.69) is 149 Å². The molecule has 0 saturated heterocycles. The number of allylic oxidation sites excluding steroid dienone is 23. The Morgan fingerprint density at radius 1 is 0.294 bits per heavy atom. The molecule has 0 aliphatic carbocycles. The van der Waals surface area contributed by atoms with Gasteiger partial charge in [-0.2, -0.15) is 0 Å². The fraction of sp³-hybridized carbons (Fsp3) is 0.663. The van der Waals surface area contributed by atoms with Gasteiger partial charge in [0, 0.05) is 19.3 Å². The first-order valence-corrected chi connectivity index (χ1v) is 42.1. The molecule has 0 aromatic rings. The molecule has 0 fully saturated rings. The molecule has 0 aromatic carbocycles. The molecule has 0 bridgehead atoms. The van der Waals surface area contributed by atoms with Crippen molar-refractivity contribution in [2.45, 2.75) is 316 Å². The lowest BCUT2D eigenvalue weighted by Crippen LogP contribution is -2.30. The van der Waals surface area contributed by atoms with Crippen molar-refractivity contribution >= 4 is 39.5 Å². The largest absolute Gasteiger partial charge is 0.472 e. The number of ether oxygens (including phenoxy) is 4. The molecule has 0 aromatic heterocycles. The predicted octanol–water partition coefficient (Wildman–Crippen LogP) is 22.7. The molecule has 0 heterocycles. The summed E-state index contributed by atoms with van der Waals surface area (Å²) in [6.07, 6.45) is 84.3. The maximum atomic E-state index is 13.1. The molecule has 0 saturated carbocycles. The SMILES string of the molecule is CC/C=C\C/C=C\C/C=C\C/C=C\C/C=C\CC(=O)OC(COC(=O)CCCCCCCCC/C=C\C/C=C\C/C=C\CC)COP(=O)(O)OCC(O)COP(=O)(O)OCC(COC(=O)CCCCCC/C=C\C/C=C\C/C=C\C/C=C\CC)OC(=O)CCCCCCCCCCCCCCC. The minimum absolute atomic E-state index is 0.0861. The van der Waals surface area contributed by atoms with Crippen LogP contribution >= 0.6 is 15.6 Å². The second-order valence-electron chi connectivity index (χ2n) is 25.5. The van der Waals surface area contributed by atoms with E-state index in [1.165, 1.54) is 51.4 Å². The fourth-order valence-corrected chi connectivity index (χ4v) is 11.6. The highest BCUT2D eigenvalue weighted by Gasteiger charge is 2.30. The first-order chi connectivity index (χ1) is 49.7. The molecule has 0 aliphatic rings. The number of phosphoric acid groups is 2. The molecule has 0 rings (SSSR count). The van der Waals surface area contributed by atoms with Gasteiger partial charge in [0.1, 0.15) is 19.3 Å². The molecule has 102 heavy (non-hydrogen) atoms. The van der Waals surface area contributed by atoms with Crippen LogP contribution in [0.3, 0.4) is 0 Å². The number of unbranched alkanes of at least 4 members (excludes halogenated alkanes) is 23. The Morgan fingerprint density at radius 3 is 0.873 bits per heavy atom. The second kappa shape index (κ2) is 74.2. The van der Waals surface area contributed by atoms with Gasteiger partial charge in [-0.05, 0) is 122 Å². The van der Waals surface area contributed by atoms with Crippen molar-refractivity contribution in [1.82, 2.24) is 0 Å². The number of aliphatic hydroxyl groups excluding tert-OH is 1.